The molecule has 2 aliphatic rings. The second-order valence-electron chi connectivity index (χ2n) is 5.24. The first-order valence-corrected chi connectivity index (χ1v) is 6.97. The molecule has 0 aliphatic carbocycles. The van der Waals surface area contributed by atoms with Gasteiger partial charge in [0.15, 0.2) is 0 Å². The Labute approximate surface area is 119 Å². The Morgan fingerprint density at radius 2 is 2.25 bits per heavy atom. The Balaban J connectivity index is 2.15. The minimum absolute atomic E-state index is 0.711. The molecular weight excluding hydrogens is 250 g/mol. The van der Waals surface area contributed by atoms with Crippen molar-refractivity contribution in [2.24, 2.45) is 0 Å². The lowest BCUT2D eigenvalue weighted by Crippen LogP contribution is -2.27. The van der Waals surface area contributed by atoms with Gasteiger partial charge < -0.3 is 15.5 Å². The van der Waals surface area contributed by atoms with Crippen LogP contribution >= 0.6 is 0 Å². The number of rotatable bonds is 2. The summed E-state index contributed by atoms with van der Waals surface area (Å²) in [6, 6.07) is 5.97. The third kappa shape index (κ3) is 1.97. The van der Waals surface area contributed by atoms with Gasteiger partial charge in [-0.25, -0.2) is 0 Å². The zero-order valence-corrected chi connectivity index (χ0v) is 11.7. The van der Waals surface area contributed by atoms with E-state index in [1.54, 1.807) is 0 Å². The maximum absolute atomic E-state index is 10.6. The summed E-state index contributed by atoms with van der Waals surface area (Å²) in [6.45, 7) is 5.22. The molecule has 104 valence electrons. The zero-order valence-electron chi connectivity index (χ0n) is 11.7. The number of nitrogens with zero attached hydrogens (tertiary/aromatic N) is 1. The maximum atomic E-state index is 10.6. The molecule has 20 heavy (non-hydrogen) atoms. The van der Waals surface area contributed by atoms with Gasteiger partial charge in [-0.15, -0.1) is 0 Å². The van der Waals surface area contributed by atoms with Crippen LogP contribution in [0, 0.1) is 0 Å². The first-order chi connectivity index (χ1) is 9.72. The number of benzene rings is 1. The number of likely N-dealkylation sites (N-methyl/N-ethyl adjacent to an activating group) is 1. The van der Waals surface area contributed by atoms with Gasteiger partial charge in [0, 0.05) is 36.2 Å². The molecular formula is C16H19N3O. The van der Waals surface area contributed by atoms with E-state index in [0.29, 0.717) is 6.41 Å². The van der Waals surface area contributed by atoms with Crippen molar-refractivity contribution in [2.45, 2.75) is 19.3 Å². The quantitative estimate of drug-likeness (QED) is 0.811. The molecule has 2 N–H and O–H groups in total. The summed E-state index contributed by atoms with van der Waals surface area (Å²) in [5.74, 6) is 0. The Kier molecular flexibility index (Phi) is 3.22. The summed E-state index contributed by atoms with van der Waals surface area (Å²) in [5.41, 5.74) is 6.62. The van der Waals surface area contributed by atoms with Crippen LogP contribution in [-0.2, 0) is 4.79 Å². The van der Waals surface area contributed by atoms with Gasteiger partial charge in [0.1, 0.15) is 0 Å². The van der Waals surface area contributed by atoms with Gasteiger partial charge in [0.2, 0.25) is 6.41 Å². The van der Waals surface area contributed by atoms with Gasteiger partial charge in [0.05, 0.1) is 5.69 Å². The normalized spacial score (nSPS) is 17.9. The lowest BCUT2D eigenvalue weighted by Gasteiger charge is -2.33. The molecule has 4 heteroatoms. The Morgan fingerprint density at radius 3 is 3.05 bits per heavy atom. The molecule has 0 bridgehead atoms. The number of amides is 1. The van der Waals surface area contributed by atoms with Crippen LogP contribution in [0.25, 0.3) is 5.70 Å². The van der Waals surface area contributed by atoms with Gasteiger partial charge in [-0.1, -0.05) is 6.58 Å². The lowest BCUT2D eigenvalue weighted by atomic mass is 9.94. The summed E-state index contributed by atoms with van der Waals surface area (Å²) >= 11 is 0. The lowest BCUT2D eigenvalue weighted by molar-refractivity contribution is -0.105. The average Bonchev–Trinajstić information content (AvgIpc) is 2.71. The van der Waals surface area contributed by atoms with Crippen molar-refractivity contribution >= 4 is 23.5 Å². The van der Waals surface area contributed by atoms with E-state index >= 15 is 0 Å². The Hall–Kier alpha value is -2.23. The summed E-state index contributed by atoms with van der Waals surface area (Å²) < 4.78 is 0. The molecule has 0 fully saturated rings. The zero-order chi connectivity index (χ0) is 14.1. The molecule has 2 aliphatic heterocycles. The highest BCUT2D eigenvalue weighted by atomic mass is 16.1. The molecule has 0 aromatic heterocycles. The van der Waals surface area contributed by atoms with Gasteiger partial charge in [-0.3, -0.25) is 4.79 Å². The minimum Gasteiger partial charge on any atom is -0.384 e. The van der Waals surface area contributed by atoms with E-state index in [0.717, 1.165) is 35.6 Å². The molecule has 0 spiro atoms. The first-order valence-electron chi connectivity index (χ1n) is 6.97. The fourth-order valence-corrected chi connectivity index (χ4v) is 2.95. The van der Waals surface area contributed by atoms with Gasteiger partial charge in [-0.05, 0) is 43.0 Å². The van der Waals surface area contributed by atoms with Crippen molar-refractivity contribution in [3.8, 4) is 0 Å². The van der Waals surface area contributed by atoms with Crippen LogP contribution in [0.2, 0.25) is 0 Å². The van der Waals surface area contributed by atoms with Crippen molar-refractivity contribution in [1.29, 1.82) is 0 Å². The fraction of sp³-hybridized carbons (Fsp3) is 0.312. The molecule has 3 rings (SSSR count). The van der Waals surface area contributed by atoms with Crippen molar-refractivity contribution in [3.63, 3.8) is 0 Å². The van der Waals surface area contributed by atoms with Crippen molar-refractivity contribution in [2.75, 3.05) is 23.8 Å². The molecule has 1 aromatic carbocycles. The monoisotopic (exact) mass is 269 g/mol. The van der Waals surface area contributed by atoms with Gasteiger partial charge in [-0.2, -0.15) is 0 Å². The number of nitrogens with one attached hydrogen (secondary N) is 2. The topological polar surface area (TPSA) is 44.4 Å². The van der Waals surface area contributed by atoms with Crippen LogP contribution in [0.3, 0.4) is 0 Å². The van der Waals surface area contributed by atoms with E-state index in [1.807, 2.05) is 25.2 Å². The summed E-state index contributed by atoms with van der Waals surface area (Å²) in [6.07, 6.45) is 4.12. The Morgan fingerprint density at radius 1 is 1.40 bits per heavy atom. The molecule has 0 atom stereocenters. The SMILES string of the molecule is C=C1C2=C(NCCCC2)c2cc(NC=O)ccc2N1C. The Bertz CT molecular complexity index is 604. The second-order valence-corrected chi connectivity index (χ2v) is 5.24. The van der Waals surface area contributed by atoms with E-state index < -0.39 is 0 Å². The van der Waals surface area contributed by atoms with Crippen LogP contribution in [0.1, 0.15) is 24.8 Å². The van der Waals surface area contributed by atoms with Crippen molar-refractivity contribution in [1.82, 2.24) is 5.32 Å². The number of allylic oxidation sites excluding steroid dienone is 1. The molecule has 0 saturated carbocycles. The fourth-order valence-electron chi connectivity index (χ4n) is 2.95. The largest absolute Gasteiger partial charge is 0.384 e. The summed E-state index contributed by atoms with van der Waals surface area (Å²) in [7, 11) is 2.04. The third-order valence-electron chi connectivity index (χ3n) is 4.06. The number of hydrogen-bond donors (Lipinski definition) is 2. The number of carbonyl (C=O) groups is 1. The number of carbonyl (C=O) groups excluding carboxylic acids is 1. The van der Waals surface area contributed by atoms with Crippen molar-refractivity contribution < 1.29 is 4.79 Å². The predicted molar refractivity (Wildman–Crippen MR) is 82.4 cm³/mol. The van der Waals surface area contributed by atoms with E-state index in [2.05, 4.69) is 22.1 Å². The molecule has 1 amide bonds. The molecule has 2 heterocycles. The van der Waals surface area contributed by atoms with E-state index in [9.17, 15) is 4.79 Å². The van der Waals surface area contributed by atoms with Crippen LogP contribution < -0.4 is 15.5 Å². The second kappa shape index (κ2) is 5.04. The third-order valence-corrected chi connectivity index (χ3v) is 4.06. The van der Waals surface area contributed by atoms with E-state index in [-0.39, 0.29) is 0 Å². The van der Waals surface area contributed by atoms with Gasteiger partial charge in [0.25, 0.3) is 0 Å². The van der Waals surface area contributed by atoms with Crippen LogP contribution in [-0.4, -0.2) is 20.0 Å². The number of fused-ring (bicyclic) bond motifs is 2. The van der Waals surface area contributed by atoms with E-state index in [4.69, 9.17) is 0 Å². The minimum atomic E-state index is 0.711. The number of hydrogen-bond acceptors (Lipinski definition) is 3. The standard InChI is InChI=1S/C16H19N3O/c1-11-13-5-3-4-8-17-16(13)14-9-12(18-10-20)6-7-15(14)19(11)2/h6-7,9-10,17H,1,3-5,8H2,2H3,(H,18,20). The maximum Gasteiger partial charge on any atom is 0.211 e. The molecule has 0 unspecified atom stereocenters. The van der Waals surface area contributed by atoms with Crippen LogP contribution in [0.15, 0.2) is 36.0 Å². The number of anilines is 2. The first kappa shape index (κ1) is 12.8. The summed E-state index contributed by atoms with van der Waals surface area (Å²) in [5, 5.41) is 6.26. The molecule has 4 nitrogen and oxygen atoms in total. The highest BCUT2D eigenvalue weighted by Crippen LogP contribution is 2.41. The smallest absolute Gasteiger partial charge is 0.211 e. The van der Waals surface area contributed by atoms with E-state index in [1.165, 1.54) is 24.1 Å². The predicted octanol–water partition coefficient (Wildman–Crippen LogP) is 2.70. The van der Waals surface area contributed by atoms with Crippen LogP contribution in [0.4, 0.5) is 11.4 Å². The molecule has 0 radical (unpaired) electrons. The van der Waals surface area contributed by atoms with Crippen molar-refractivity contribution in [3.05, 3.63) is 41.6 Å². The van der Waals surface area contributed by atoms with Crippen LogP contribution in [0.5, 0.6) is 0 Å². The molecule has 1 aromatic rings. The average molecular weight is 269 g/mol. The molecule has 0 saturated heterocycles. The van der Waals surface area contributed by atoms with Gasteiger partial charge >= 0.3 is 0 Å². The highest BCUT2D eigenvalue weighted by molar-refractivity contribution is 5.88. The highest BCUT2D eigenvalue weighted by Gasteiger charge is 2.26. The summed E-state index contributed by atoms with van der Waals surface area (Å²) in [4.78, 5) is 12.8.